The van der Waals surface area contributed by atoms with Crippen LogP contribution < -0.4 is 0 Å². The Morgan fingerprint density at radius 1 is 1.07 bits per heavy atom. The lowest BCUT2D eigenvalue weighted by atomic mass is 10.1. The van der Waals surface area contributed by atoms with Crippen LogP contribution in [0.15, 0.2) is 70.1 Å². The molecule has 1 aliphatic rings. The van der Waals surface area contributed by atoms with Crippen molar-refractivity contribution in [2.24, 2.45) is 0 Å². The van der Waals surface area contributed by atoms with Crippen molar-refractivity contribution < 1.29 is 9.26 Å². The van der Waals surface area contributed by atoms with Crippen LogP contribution in [0.3, 0.4) is 0 Å². The van der Waals surface area contributed by atoms with Crippen LogP contribution in [0.4, 0.5) is 0 Å². The van der Waals surface area contributed by atoms with Crippen molar-refractivity contribution in [1.82, 2.24) is 19.9 Å². The Morgan fingerprint density at radius 2 is 1.89 bits per heavy atom. The van der Waals surface area contributed by atoms with Crippen LogP contribution in [0.1, 0.15) is 17.4 Å². The Morgan fingerprint density at radius 3 is 2.68 bits per heavy atom. The molecule has 4 aromatic rings. The number of hydrogen-bond donors (Lipinski definition) is 0. The van der Waals surface area contributed by atoms with Crippen molar-refractivity contribution in [2.75, 3.05) is 6.26 Å². The maximum Gasteiger partial charge on any atom is 0.278 e. The van der Waals surface area contributed by atoms with Crippen molar-refractivity contribution in [1.29, 1.82) is 0 Å². The number of benzene rings is 2. The van der Waals surface area contributed by atoms with E-state index >= 15 is 0 Å². The molecule has 0 amide bonds. The Kier molecular flexibility index (Phi) is 4.46. The summed E-state index contributed by atoms with van der Waals surface area (Å²) in [7, 11) is 0. The fraction of sp³-hybridized carbons (Fsp3) is 0.190. The van der Waals surface area contributed by atoms with Crippen LogP contribution in [-0.2, 0) is 17.9 Å². The van der Waals surface area contributed by atoms with Gasteiger partial charge in [0, 0.05) is 10.5 Å². The second-order valence-electron chi connectivity index (χ2n) is 6.56. The van der Waals surface area contributed by atoms with Crippen molar-refractivity contribution in [2.45, 2.75) is 24.2 Å². The zero-order chi connectivity index (χ0) is 18.9. The Labute approximate surface area is 166 Å². The van der Waals surface area contributed by atoms with Gasteiger partial charge in [-0.2, -0.15) is 10.1 Å². The molecule has 0 saturated heterocycles. The van der Waals surface area contributed by atoms with E-state index in [-0.39, 0.29) is 6.10 Å². The number of aromatic nitrogens is 4. The third-order valence-electron chi connectivity index (χ3n) is 4.80. The molecule has 2 aromatic carbocycles. The van der Waals surface area contributed by atoms with Crippen LogP contribution in [0.2, 0.25) is 0 Å². The van der Waals surface area contributed by atoms with E-state index in [2.05, 4.69) is 27.4 Å². The molecule has 0 radical (unpaired) electrons. The Hall–Kier alpha value is -2.90. The van der Waals surface area contributed by atoms with E-state index in [0.717, 1.165) is 16.8 Å². The first-order valence-electron chi connectivity index (χ1n) is 9.02. The summed E-state index contributed by atoms with van der Waals surface area (Å²) in [5.41, 5.74) is 3.75. The molecular weight excluding hydrogens is 372 g/mol. The number of thioether (sulfide) groups is 1. The summed E-state index contributed by atoms with van der Waals surface area (Å²) in [4.78, 5) is 5.72. The van der Waals surface area contributed by atoms with Crippen LogP contribution in [-0.4, -0.2) is 26.2 Å². The minimum Gasteiger partial charge on any atom is -0.365 e. The Balaban J connectivity index is 1.39. The molecule has 0 spiro atoms. The fourth-order valence-corrected chi connectivity index (χ4v) is 3.69. The first-order chi connectivity index (χ1) is 13.8. The number of hydrogen-bond acceptors (Lipinski definition) is 6. The van der Waals surface area contributed by atoms with Gasteiger partial charge in [0.2, 0.25) is 5.82 Å². The summed E-state index contributed by atoms with van der Waals surface area (Å²) in [6.45, 7) is 1.17. The lowest BCUT2D eigenvalue weighted by molar-refractivity contribution is -0.00113. The predicted octanol–water partition coefficient (Wildman–Crippen LogP) is 4.59. The van der Waals surface area contributed by atoms with E-state index in [4.69, 9.17) is 9.26 Å². The predicted molar refractivity (Wildman–Crippen MR) is 107 cm³/mol. The minimum absolute atomic E-state index is 0.00496. The van der Waals surface area contributed by atoms with Gasteiger partial charge in [0.25, 0.3) is 5.89 Å². The molecule has 140 valence electrons. The topological polar surface area (TPSA) is 66.0 Å². The van der Waals surface area contributed by atoms with E-state index in [1.807, 2.05) is 59.5 Å². The highest BCUT2D eigenvalue weighted by atomic mass is 32.2. The molecule has 7 heteroatoms. The van der Waals surface area contributed by atoms with E-state index in [9.17, 15) is 0 Å². The van der Waals surface area contributed by atoms with Gasteiger partial charge in [-0.1, -0.05) is 35.5 Å². The fourth-order valence-electron chi connectivity index (χ4n) is 3.28. The Bertz CT molecular complexity index is 1090. The second-order valence-corrected chi connectivity index (χ2v) is 7.44. The summed E-state index contributed by atoms with van der Waals surface area (Å²) in [6, 6.07) is 20.2. The second kappa shape index (κ2) is 7.26. The summed E-state index contributed by atoms with van der Waals surface area (Å²) < 4.78 is 13.4. The van der Waals surface area contributed by atoms with Crippen LogP contribution in [0.25, 0.3) is 23.0 Å². The molecular formula is C21H18N4O2S. The maximum atomic E-state index is 6.01. The van der Waals surface area contributed by atoms with Gasteiger partial charge in [-0.3, -0.25) is 4.68 Å². The molecule has 1 aliphatic heterocycles. The average molecular weight is 390 g/mol. The summed E-state index contributed by atoms with van der Waals surface area (Å²) >= 11 is 1.70. The van der Waals surface area contributed by atoms with E-state index in [0.29, 0.717) is 30.6 Å². The summed E-state index contributed by atoms with van der Waals surface area (Å²) in [5.74, 6) is 0.981. The van der Waals surface area contributed by atoms with E-state index in [1.54, 1.807) is 11.8 Å². The van der Waals surface area contributed by atoms with Gasteiger partial charge < -0.3 is 9.26 Å². The number of nitrogens with zero attached hydrogens (tertiary/aromatic N) is 4. The molecule has 6 nitrogen and oxygen atoms in total. The lowest BCUT2D eigenvalue weighted by Crippen LogP contribution is -2.21. The SMILES string of the molecule is CSc1ccc(-c2noc(-c3cc4n(n3)C[C@H](c3ccccc3)OC4)n2)cc1. The molecule has 3 heterocycles. The molecule has 0 unspecified atom stereocenters. The monoisotopic (exact) mass is 390 g/mol. The molecule has 28 heavy (non-hydrogen) atoms. The maximum absolute atomic E-state index is 6.01. The molecule has 0 aliphatic carbocycles. The zero-order valence-corrected chi connectivity index (χ0v) is 16.1. The lowest BCUT2D eigenvalue weighted by Gasteiger charge is -2.24. The quantitative estimate of drug-likeness (QED) is 0.475. The highest BCUT2D eigenvalue weighted by Crippen LogP contribution is 2.29. The largest absolute Gasteiger partial charge is 0.365 e. The van der Waals surface area contributed by atoms with Gasteiger partial charge >= 0.3 is 0 Å². The minimum atomic E-state index is -0.00496. The van der Waals surface area contributed by atoms with E-state index in [1.165, 1.54) is 4.90 Å². The van der Waals surface area contributed by atoms with Crippen molar-refractivity contribution in [3.8, 4) is 23.0 Å². The van der Waals surface area contributed by atoms with E-state index < -0.39 is 0 Å². The standard InChI is InChI=1S/C21H18N4O2S/c1-28-17-9-7-15(8-10-17)20-22-21(27-24-20)18-11-16-13-26-19(12-25(16)23-18)14-5-3-2-4-6-14/h2-11,19H,12-13H2,1H3/t19-/m1/s1. The molecule has 2 aromatic heterocycles. The van der Waals surface area contributed by atoms with Gasteiger partial charge in [-0.05, 0) is 42.2 Å². The normalized spacial score (nSPS) is 16.1. The smallest absolute Gasteiger partial charge is 0.278 e. The van der Waals surface area contributed by atoms with Crippen molar-refractivity contribution in [3.63, 3.8) is 0 Å². The van der Waals surface area contributed by atoms with Gasteiger partial charge in [0.1, 0.15) is 6.10 Å². The number of rotatable bonds is 4. The van der Waals surface area contributed by atoms with Gasteiger partial charge in [0.15, 0.2) is 5.69 Å². The summed E-state index contributed by atoms with van der Waals surface area (Å²) in [5, 5.41) is 8.78. The van der Waals surface area contributed by atoms with Crippen molar-refractivity contribution >= 4 is 11.8 Å². The first-order valence-corrected chi connectivity index (χ1v) is 10.2. The number of fused-ring (bicyclic) bond motifs is 1. The van der Waals surface area contributed by atoms with Gasteiger partial charge in [-0.15, -0.1) is 11.8 Å². The first kappa shape index (κ1) is 17.2. The van der Waals surface area contributed by atoms with Gasteiger partial charge in [-0.25, -0.2) is 0 Å². The molecule has 0 fully saturated rings. The molecule has 0 N–H and O–H groups in total. The highest BCUT2D eigenvalue weighted by Gasteiger charge is 2.24. The zero-order valence-electron chi connectivity index (χ0n) is 15.3. The molecule has 5 rings (SSSR count). The number of ether oxygens (including phenoxy) is 1. The van der Waals surface area contributed by atoms with Crippen LogP contribution >= 0.6 is 11.8 Å². The third kappa shape index (κ3) is 3.23. The molecule has 0 bridgehead atoms. The van der Waals surface area contributed by atoms with Crippen LogP contribution in [0, 0.1) is 0 Å². The molecule has 1 atom stereocenters. The summed E-state index contributed by atoms with van der Waals surface area (Å²) in [6.07, 6.45) is 2.04. The van der Waals surface area contributed by atoms with Gasteiger partial charge in [0.05, 0.1) is 18.8 Å². The highest BCUT2D eigenvalue weighted by molar-refractivity contribution is 7.98. The van der Waals surface area contributed by atoms with Crippen molar-refractivity contribution in [3.05, 3.63) is 71.9 Å². The average Bonchev–Trinajstić information content (AvgIpc) is 3.41. The third-order valence-corrected chi connectivity index (χ3v) is 5.54. The molecule has 0 saturated carbocycles. The van der Waals surface area contributed by atoms with Crippen LogP contribution in [0.5, 0.6) is 0 Å².